The van der Waals surface area contributed by atoms with Gasteiger partial charge in [-0.3, -0.25) is 4.79 Å². The molecular formula is C22H22F2N6OS. The smallest absolute Gasteiger partial charge is 0.261 e. The summed E-state index contributed by atoms with van der Waals surface area (Å²) < 4.78 is 28.9. The van der Waals surface area contributed by atoms with Crippen molar-refractivity contribution in [3.63, 3.8) is 0 Å². The fourth-order valence-corrected chi connectivity index (χ4v) is 5.42. The Labute approximate surface area is 185 Å². The van der Waals surface area contributed by atoms with Gasteiger partial charge in [-0.1, -0.05) is 0 Å². The van der Waals surface area contributed by atoms with Gasteiger partial charge in [-0.2, -0.15) is 0 Å². The van der Waals surface area contributed by atoms with E-state index in [0.29, 0.717) is 33.6 Å². The van der Waals surface area contributed by atoms with E-state index in [0.717, 1.165) is 36.6 Å². The maximum absolute atomic E-state index is 14.1. The number of hydrogen-bond acceptors (Lipinski definition) is 6. The number of nitrogens with zero attached hydrogens (tertiary/aromatic N) is 3. The lowest BCUT2D eigenvalue weighted by Gasteiger charge is -2.35. The lowest BCUT2D eigenvalue weighted by Crippen LogP contribution is -2.44. The third-order valence-electron chi connectivity index (χ3n) is 6.57. The topological polar surface area (TPSA) is 94.0 Å². The average Bonchev–Trinajstić information content (AvgIpc) is 3.10. The average molecular weight is 457 g/mol. The fourth-order valence-electron chi connectivity index (χ4n) is 4.60. The number of thiophene rings is 1. The molecule has 4 heterocycles. The Kier molecular flexibility index (Phi) is 4.16. The van der Waals surface area contributed by atoms with Crippen molar-refractivity contribution in [2.45, 2.75) is 18.3 Å². The highest BCUT2D eigenvalue weighted by Crippen LogP contribution is 2.58. The maximum atomic E-state index is 14.1. The third kappa shape index (κ3) is 3.01. The minimum absolute atomic E-state index is 0.137. The Balaban J connectivity index is 1.50. The number of rotatable bonds is 3. The maximum Gasteiger partial charge on any atom is 0.261 e. The van der Waals surface area contributed by atoms with Gasteiger partial charge in [-0.05, 0) is 36.2 Å². The highest BCUT2D eigenvalue weighted by molar-refractivity contribution is 7.17. The molecule has 0 radical (unpaired) electrons. The predicted octanol–water partition coefficient (Wildman–Crippen LogP) is 3.59. The number of nitrogens with one attached hydrogen (secondary N) is 2. The highest BCUT2D eigenvalue weighted by atomic mass is 32.1. The van der Waals surface area contributed by atoms with Crippen molar-refractivity contribution in [3.8, 4) is 11.4 Å². The van der Waals surface area contributed by atoms with Crippen LogP contribution in [0.1, 0.15) is 17.9 Å². The number of hydrogen-bond donors (Lipinski definition) is 3. The molecule has 0 bridgehead atoms. The molecule has 1 saturated carbocycles. The van der Waals surface area contributed by atoms with Gasteiger partial charge >= 0.3 is 0 Å². The normalized spacial score (nSPS) is 21.0. The van der Waals surface area contributed by atoms with Crippen LogP contribution in [0.15, 0.2) is 28.4 Å². The molecule has 1 unspecified atom stereocenters. The van der Waals surface area contributed by atoms with Crippen molar-refractivity contribution >= 4 is 44.0 Å². The summed E-state index contributed by atoms with van der Waals surface area (Å²) in [7, 11) is 2.06. The molecule has 10 heteroatoms. The van der Waals surface area contributed by atoms with Gasteiger partial charge in [0.2, 0.25) is 0 Å². The molecule has 4 N–H and O–H groups in total. The Morgan fingerprint density at radius 3 is 2.66 bits per heavy atom. The molecule has 1 atom stereocenters. The molecule has 1 aromatic carbocycles. The summed E-state index contributed by atoms with van der Waals surface area (Å²) in [6.07, 6.45) is -0.137. The number of aromatic amines is 2. The second-order valence-corrected chi connectivity index (χ2v) is 9.64. The van der Waals surface area contributed by atoms with E-state index in [1.54, 1.807) is 6.07 Å². The van der Waals surface area contributed by atoms with Gasteiger partial charge in [0.05, 0.1) is 32.9 Å². The quantitative estimate of drug-likeness (QED) is 0.438. The zero-order valence-corrected chi connectivity index (χ0v) is 18.2. The van der Waals surface area contributed by atoms with Crippen molar-refractivity contribution in [1.29, 1.82) is 0 Å². The zero-order valence-electron chi connectivity index (χ0n) is 17.4. The Bertz CT molecular complexity index is 1420. The molecule has 2 aliphatic rings. The molecule has 4 aromatic rings. The summed E-state index contributed by atoms with van der Waals surface area (Å²) in [4.78, 5) is 27.8. The Morgan fingerprint density at radius 2 is 1.94 bits per heavy atom. The van der Waals surface area contributed by atoms with Crippen LogP contribution in [0.25, 0.3) is 32.6 Å². The number of anilines is 2. The highest BCUT2D eigenvalue weighted by Gasteiger charge is 2.58. The molecule has 1 aliphatic heterocycles. The van der Waals surface area contributed by atoms with Crippen LogP contribution >= 0.6 is 11.3 Å². The first-order valence-corrected chi connectivity index (χ1v) is 11.4. The van der Waals surface area contributed by atoms with Gasteiger partial charge < -0.3 is 25.5 Å². The number of nitrogen functional groups attached to an aromatic ring is 1. The second-order valence-electron chi connectivity index (χ2n) is 8.73. The van der Waals surface area contributed by atoms with Gasteiger partial charge in [0.1, 0.15) is 11.4 Å². The van der Waals surface area contributed by atoms with Crippen molar-refractivity contribution in [3.05, 3.63) is 39.5 Å². The van der Waals surface area contributed by atoms with E-state index in [-0.39, 0.29) is 17.5 Å². The Morgan fingerprint density at radius 1 is 1.19 bits per heavy atom. The number of pyridine rings is 1. The molecule has 3 aromatic heterocycles. The molecule has 0 amide bonds. The van der Waals surface area contributed by atoms with Crippen LogP contribution in [0.2, 0.25) is 0 Å². The standard InChI is InChI=1S/C22H22F2N6OS/c1-29-3-5-30(6-4-29)16-9-15-14(8-11(16)12-10-22(12,23)24)26-20(27-15)17-18(25)19-13(2-7-32-19)28-21(17)31/h2,7-9,12H,3-6,10H2,1H3,(H,26,27)(H3,25,28,31). The summed E-state index contributed by atoms with van der Waals surface area (Å²) in [5, 5.41) is 1.86. The van der Waals surface area contributed by atoms with Gasteiger partial charge in [0.15, 0.2) is 0 Å². The number of imidazole rings is 1. The lowest BCUT2D eigenvalue weighted by atomic mass is 10.0. The SMILES string of the molecule is CN1CCN(c2cc3nc(-c4c(N)c5sccc5[nH]c4=O)[nH]c3cc2C2CC2(F)F)CC1. The van der Waals surface area contributed by atoms with E-state index in [1.165, 1.54) is 11.3 Å². The van der Waals surface area contributed by atoms with Gasteiger partial charge in [0.25, 0.3) is 11.5 Å². The first kappa shape index (κ1) is 19.7. The van der Waals surface area contributed by atoms with E-state index in [2.05, 4.69) is 31.8 Å². The van der Waals surface area contributed by atoms with E-state index in [4.69, 9.17) is 5.73 Å². The van der Waals surface area contributed by atoms with Crippen LogP contribution in [0.4, 0.5) is 20.2 Å². The molecule has 32 heavy (non-hydrogen) atoms. The van der Waals surface area contributed by atoms with Crippen LogP contribution in [0, 0.1) is 0 Å². The van der Waals surface area contributed by atoms with Crippen LogP contribution in [0.5, 0.6) is 0 Å². The largest absolute Gasteiger partial charge is 0.397 e. The molecule has 166 valence electrons. The summed E-state index contributed by atoms with van der Waals surface area (Å²) in [6, 6.07) is 5.46. The van der Waals surface area contributed by atoms with E-state index >= 15 is 0 Å². The van der Waals surface area contributed by atoms with Crippen molar-refractivity contribution in [1.82, 2.24) is 19.9 Å². The second kappa shape index (κ2) is 6.76. The van der Waals surface area contributed by atoms with Crippen LogP contribution in [-0.4, -0.2) is 59.0 Å². The Hall–Kier alpha value is -2.98. The first-order valence-electron chi connectivity index (χ1n) is 10.6. The number of fused-ring (bicyclic) bond motifs is 2. The molecule has 2 fully saturated rings. The first-order chi connectivity index (χ1) is 15.3. The number of alkyl halides is 2. The minimum Gasteiger partial charge on any atom is -0.397 e. The van der Waals surface area contributed by atoms with Gasteiger partial charge in [-0.25, -0.2) is 13.8 Å². The van der Waals surface area contributed by atoms with Gasteiger partial charge in [-0.15, -0.1) is 11.3 Å². The van der Waals surface area contributed by atoms with Gasteiger partial charge in [0, 0.05) is 38.3 Å². The van der Waals surface area contributed by atoms with E-state index < -0.39 is 11.8 Å². The zero-order chi connectivity index (χ0) is 22.2. The van der Waals surface area contributed by atoms with Crippen LogP contribution in [0.3, 0.4) is 0 Å². The molecule has 0 spiro atoms. The van der Waals surface area contributed by atoms with Crippen molar-refractivity contribution in [2.24, 2.45) is 0 Å². The number of likely N-dealkylation sites (N-methyl/N-ethyl adjacent to an activating group) is 1. The molecule has 7 nitrogen and oxygen atoms in total. The lowest BCUT2D eigenvalue weighted by molar-refractivity contribution is 0.112. The number of piperazine rings is 1. The number of halogens is 2. The molecule has 1 saturated heterocycles. The summed E-state index contributed by atoms with van der Waals surface area (Å²) in [5.41, 5.74) is 10.0. The fraction of sp³-hybridized carbons (Fsp3) is 0.364. The molecular weight excluding hydrogens is 434 g/mol. The number of benzene rings is 1. The van der Waals surface area contributed by atoms with E-state index in [9.17, 15) is 13.6 Å². The van der Waals surface area contributed by atoms with Crippen molar-refractivity contribution < 1.29 is 8.78 Å². The summed E-state index contributed by atoms with van der Waals surface area (Å²) >= 11 is 1.44. The monoisotopic (exact) mass is 456 g/mol. The number of nitrogens with two attached hydrogens (primary N) is 1. The molecule has 6 rings (SSSR count). The number of aromatic nitrogens is 3. The number of H-pyrrole nitrogens is 2. The summed E-state index contributed by atoms with van der Waals surface area (Å²) in [6.45, 7) is 3.28. The summed E-state index contributed by atoms with van der Waals surface area (Å²) in [5.74, 6) is -3.12. The van der Waals surface area contributed by atoms with Crippen LogP contribution in [-0.2, 0) is 0 Å². The van der Waals surface area contributed by atoms with Crippen LogP contribution < -0.4 is 16.2 Å². The third-order valence-corrected chi connectivity index (χ3v) is 7.51. The van der Waals surface area contributed by atoms with Crippen molar-refractivity contribution in [2.75, 3.05) is 43.9 Å². The predicted molar refractivity (Wildman–Crippen MR) is 124 cm³/mol. The molecule has 1 aliphatic carbocycles. The minimum atomic E-state index is -2.68. The van der Waals surface area contributed by atoms with E-state index in [1.807, 2.05) is 17.5 Å².